The number of fused-ring (bicyclic) bond motifs is 1. The van der Waals surface area contributed by atoms with Gasteiger partial charge in [0.15, 0.2) is 0 Å². The first-order valence-electron chi connectivity index (χ1n) is 10.3. The number of nitrogens with one attached hydrogen (secondary N) is 2. The van der Waals surface area contributed by atoms with Gasteiger partial charge in [-0.2, -0.15) is 4.72 Å². The highest BCUT2D eigenvalue weighted by Gasteiger charge is 2.43. The Hall–Kier alpha value is -2.78. The maximum atomic E-state index is 12.8. The van der Waals surface area contributed by atoms with Crippen molar-refractivity contribution in [3.05, 3.63) is 48.0 Å². The van der Waals surface area contributed by atoms with Crippen molar-refractivity contribution in [2.75, 3.05) is 32.1 Å². The van der Waals surface area contributed by atoms with E-state index >= 15 is 0 Å². The molecule has 2 aromatic rings. The van der Waals surface area contributed by atoms with Gasteiger partial charge in [0.25, 0.3) is 0 Å². The van der Waals surface area contributed by atoms with E-state index in [0.717, 1.165) is 11.3 Å². The minimum atomic E-state index is -3.65. The van der Waals surface area contributed by atoms with Crippen LogP contribution in [0.4, 0.5) is 5.69 Å². The van der Waals surface area contributed by atoms with E-state index in [4.69, 9.17) is 9.47 Å². The van der Waals surface area contributed by atoms with E-state index in [-0.39, 0.29) is 10.8 Å². The molecule has 0 aliphatic carbocycles. The molecule has 2 aromatic carbocycles. The van der Waals surface area contributed by atoms with Crippen LogP contribution >= 0.6 is 0 Å². The number of rotatable bonds is 5. The zero-order valence-corrected chi connectivity index (χ0v) is 18.5. The molecule has 2 heterocycles. The van der Waals surface area contributed by atoms with Gasteiger partial charge < -0.3 is 19.7 Å². The molecular formula is C22H27N3O5S. The van der Waals surface area contributed by atoms with Crippen molar-refractivity contribution >= 4 is 21.6 Å². The number of nitrogens with zero attached hydrogens (tertiary/aromatic N) is 1. The molecular weight excluding hydrogens is 418 g/mol. The third-order valence-corrected chi connectivity index (χ3v) is 7.33. The maximum Gasteiger partial charge on any atom is 0.244 e. The first-order chi connectivity index (χ1) is 14.8. The second kappa shape index (κ2) is 8.39. The van der Waals surface area contributed by atoms with E-state index in [1.807, 2.05) is 31.2 Å². The van der Waals surface area contributed by atoms with Gasteiger partial charge in [-0.1, -0.05) is 12.1 Å². The Morgan fingerprint density at radius 2 is 1.77 bits per heavy atom. The van der Waals surface area contributed by atoms with Gasteiger partial charge in [0.05, 0.1) is 25.8 Å². The molecule has 0 bridgehead atoms. The third kappa shape index (κ3) is 4.47. The summed E-state index contributed by atoms with van der Waals surface area (Å²) in [7, 11) is -2.11. The van der Waals surface area contributed by atoms with Crippen LogP contribution in [0.2, 0.25) is 0 Å². The van der Waals surface area contributed by atoms with Crippen molar-refractivity contribution in [1.82, 2.24) is 9.62 Å². The van der Waals surface area contributed by atoms with E-state index < -0.39 is 15.7 Å². The van der Waals surface area contributed by atoms with E-state index in [1.54, 1.807) is 24.1 Å². The summed E-state index contributed by atoms with van der Waals surface area (Å²) in [5.74, 6) is 1.40. The van der Waals surface area contributed by atoms with E-state index in [1.165, 1.54) is 6.07 Å². The van der Waals surface area contributed by atoms with Gasteiger partial charge in [0.2, 0.25) is 15.9 Å². The Morgan fingerprint density at radius 3 is 2.42 bits per heavy atom. The summed E-state index contributed by atoms with van der Waals surface area (Å²) in [6, 6.07) is 12.4. The van der Waals surface area contributed by atoms with Crippen LogP contribution in [-0.4, -0.2) is 51.7 Å². The minimum absolute atomic E-state index is 0.0275. The van der Waals surface area contributed by atoms with Gasteiger partial charge in [0, 0.05) is 32.0 Å². The fraction of sp³-hybridized carbons (Fsp3) is 0.409. The molecule has 31 heavy (non-hydrogen) atoms. The van der Waals surface area contributed by atoms with Crippen molar-refractivity contribution in [2.24, 2.45) is 0 Å². The third-order valence-electron chi connectivity index (χ3n) is 5.74. The average molecular weight is 446 g/mol. The molecule has 4 rings (SSSR count). The Balaban J connectivity index is 1.42. The fourth-order valence-corrected chi connectivity index (χ4v) is 5.61. The summed E-state index contributed by atoms with van der Waals surface area (Å²) in [6.45, 7) is 3.45. The Morgan fingerprint density at radius 1 is 1.10 bits per heavy atom. The standard InChI is InChI=1S/C22H27N3O5S/c1-3-30-17-6-4-16(5-7-17)14-21(26)25-12-10-22(11-13-25)23-19-15-18(29-2)8-9-20(19)31(27,28)24-22/h4-9,15,23-24H,3,10-14H2,1-2H3. The van der Waals surface area contributed by atoms with Crippen LogP contribution in [0.3, 0.4) is 0 Å². The van der Waals surface area contributed by atoms with Crippen LogP contribution in [0.25, 0.3) is 0 Å². The molecule has 9 heteroatoms. The summed E-state index contributed by atoms with van der Waals surface area (Å²) in [5.41, 5.74) is 0.632. The lowest BCUT2D eigenvalue weighted by molar-refractivity contribution is -0.131. The number of likely N-dealkylation sites (tertiary alicyclic amines) is 1. The largest absolute Gasteiger partial charge is 0.497 e. The summed E-state index contributed by atoms with van der Waals surface area (Å²) in [5, 5.41) is 3.35. The number of methoxy groups -OCH3 is 1. The molecule has 1 saturated heterocycles. The number of piperidine rings is 1. The minimum Gasteiger partial charge on any atom is -0.497 e. The van der Waals surface area contributed by atoms with Gasteiger partial charge >= 0.3 is 0 Å². The second-order valence-electron chi connectivity index (χ2n) is 7.81. The van der Waals surface area contributed by atoms with Crippen LogP contribution in [0.1, 0.15) is 25.3 Å². The molecule has 2 aliphatic rings. The average Bonchev–Trinajstić information content (AvgIpc) is 2.74. The Labute approximate surface area is 182 Å². The van der Waals surface area contributed by atoms with Crippen LogP contribution < -0.4 is 19.5 Å². The fourth-order valence-electron chi connectivity index (χ4n) is 4.09. The summed E-state index contributed by atoms with van der Waals surface area (Å²) in [6.07, 6.45) is 1.24. The van der Waals surface area contributed by atoms with Crippen molar-refractivity contribution in [2.45, 2.75) is 36.7 Å². The number of hydrogen-bond donors (Lipinski definition) is 2. The highest BCUT2D eigenvalue weighted by atomic mass is 32.2. The molecule has 0 unspecified atom stereocenters. The number of hydrogen-bond acceptors (Lipinski definition) is 6. The molecule has 166 valence electrons. The maximum absolute atomic E-state index is 12.8. The van der Waals surface area contributed by atoms with Crippen molar-refractivity contribution in [1.29, 1.82) is 0 Å². The van der Waals surface area contributed by atoms with Gasteiger partial charge in [0.1, 0.15) is 22.1 Å². The molecule has 0 radical (unpaired) electrons. The summed E-state index contributed by atoms with van der Waals surface area (Å²) < 4.78 is 39.1. The topological polar surface area (TPSA) is 97.0 Å². The first kappa shape index (κ1) is 21.5. The van der Waals surface area contributed by atoms with Crippen molar-refractivity contribution in [3.63, 3.8) is 0 Å². The molecule has 1 amide bonds. The SMILES string of the molecule is CCOc1ccc(CC(=O)N2CCC3(CC2)Nc2cc(OC)ccc2S(=O)(=O)N3)cc1. The predicted molar refractivity (Wildman–Crippen MR) is 117 cm³/mol. The Bertz CT molecular complexity index is 1060. The predicted octanol–water partition coefficient (Wildman–Crippen LogP) is 2.36. The smallest absolute Gasteiger partial charge is 0.244 e. The van der Waals surface area contributed by atoms with Gasteiger partial charge in [-0.15, -0.1) is 0 Å². The van der Waals surface area contributed by atoms with Crippen molar-refractivity contribution < 1.29 is 22.7 Å². The van der Waals surface area contributed by atoms with Crippen molar-refractivity contribution in [3.8, 4) is 11.5 Å². The summed E-state index contributed by atoms with van der Waals surface area (Å²) >= 11 is 0. The monoisotopic (exact) mass is 445 g/mol. The zero-order chi connectivity index (χ0) is 22.1. The van der Waals surface area contributed by atoms with Gasteiger partial charge in [-0.05, 0) is 36.8 Å². The molecule has 1 fully saturated rings. The quantitative estimate of drug-likeness (QED) is 0.733. The van der Waals surface area contributed by atoms with E-state index in [9.17, 15) is 13.2 Å². The lowest BCUT2D eigenvalue weighted by atomic mass is 9.96. The van der Waals surface area contributed by atoms with Gasteiger partial charge in [-0.25, -0.2) is 8.42 Å². The molecule has 2 N–H and O–H groups in total. The van der Waals surface area contributed by atoms with E-state index in [2.05, 4.69) is 10.0 Å². The number of benzene rings is 2. The van der Waals surface area contributed by atoms with Crippen LogP contribution in [-0.2, 0) is 21.2 Å². The lowest BCUT2D eigenvalue weighted by Crippen LogP contribution is -2.62. The lowest BCUT2D eigenvalue weighted by Gasteiger charge is -2.45. The summed E-state index contributed by atoms with van der Waals surface area (Å²) in [4.78, 5) is 14.8. The highest BCUT2D eigenvalue weighted by Crippen LogP contribution is 2.37. The number of amides is 1. The molecule has 1 spiro atoms. The van der Waals surface area contributed by atoms with E-state index in [0.29, 0.717) is 50.4 Å². The van der Waals surface area contributed by atoms with Crippen LogP contribution in [0.5, 0.6) is 11.5 Å². The number of carbonyl (C=O) groups excluding carboxylic acids is 1. The zero-order valence-electron chi connectivity index (χ0n) is 17.7. The molecule has 0 aromatic heterocycles. The molecule has 0 saturated carbocycles. The molecule has 0 atom stereocenters. The van der Waals surface area contributed by atoms with Crippen LogP contribution in [0, 0.1) is 0 Å². The normalized spacial score (nSPS) is 18.7. The molecule has 2 aliphatic heterocycles. The second-order valence-corrected chi connectivity index (χ2v) is 9.46. The number of anilines is 1. The van der Waals surface area contributed by atoms with Gasteiger partial charge in [-0.3, -0.25) is 4.79 Å². The number of carbonyl (C=O) groups is 1. The molecule has 8 nitrogen and oxygen atoms in total. The number of sulfonamides is 1. The Kier molecular flexibility index (Phi) is 5.81. The number of ether oxygens (including phenoxy) is 2. The van der Waals surface area contributed by atoms with Crippen LogP contribution in [0.15, 0.2) is 47.4 Å². The highest BCUT2D eigenvalue weighted by molar-refractivity contribution is 7.89. The first-order valence-corrected chi connectivity index (χ1v) is 11.8.